The lowest BCUT2D eigenvalue weighted by Gasteiger charge is -2.32. The summed E-state index contributed by atoms with van der Waals surface area (Å²) < 4.78 is 0. The van der Waals surface area contributed by atoms with Crippen molar-refractivity contribution in [3.63, 3.8) is 0 Å². The van der Waals surface area contributed by atoms with Crippen molar-refractivity contribution in [1.82, 2.24) is 10.2 Å². The van der Waals surface area contributed by atoms with Crippen LogP contribution in [-0.2, 0) is 4.79 Å². The lowest BCUT2D eigenvalue weighted by Crippen LogP contribution is -2.50. The highest BCUT2D eigenvalue weighted by atomic mass is 16.4. The van der Waals surface area contributed by atoms with E-state index in [0.717, 1.165) is 0 Å². The Labute approximate surface area is 112 Å². The number of carbonyl (C=O) groups excluding carboxylic acids is 1. The van der Waals surface area contributed by atoms with Crippen LogP contribution in [0.3, 0.4) is 0 Å². The molecule has 0 aromatic carbocycles. The third kappa shape index (κ3) is 4.36. The minimum absolute atomic E-state index is 0.0525. The number of nitrogens with one attached hydrogen (secondary N) is 1. The molecule has 1 saturated heterocycles. The third-order valence-corrected chi connectivity index (χ3v) is 3.27. The summed E-state index contributed by atoms with van der Waals surface area (Å²) in [4.78, 5) is 24.1. The van der Waals surface area contributed by atoms with Gasteiger partial charge in [-0.25, -0.2) is 4.79 Å². The third-order valence-electron chi connectivity index (χ3n) is 3.27. The molecule has 2 amide bonds. The van der Waals surface area contributed by atoms with E-state index in [2.05, 4.69) is 5.32 Å². The Hall–Kier alpha value is -1.34. The monoisotopic (exact) mass is 274 g/mol. The summed E-state index contributed by atoms with van der Waals surface area (Å²) in [5, 5.41) is 30.3. The summed E-state index contributed by atoms with van der Waals surface area (Å²) in [6.07, 6.45) is -2.06. The van der Waals surface area contributed by atoms with Crippen LogP contribution < -0.4 is 5.32 Å². The molecule has 0 aromatic heterocycles. The summed E-state index contributed by atoms with van der Waals surface area (Å²) in [5.41, 5.74) is -0.398. The molecule has 0 saturated carbocycles. The van der Waals surface area contributed by atoms with Gasteiger partial charge in [0.1, 0.15) is 0 Å². The van der Waals surface area contributed by atoms with E-state index in [1.807, 2.05) is 20.8 Å². The lowest BCUT2D eigenvalue weighted by molar-refractivity contribution is -0.138. The number of aliphatic hydroxyl groups excluding tert-OH is 2. The number of amides is 2. The van der Waals surface area contributed by atoms with Gasteiger partial charge >= 0.3 is 12.0 Å². The first-order valence-corrected chi connectivity index (χ1v) is 6.24. The van der Waals surface area contributed by atoms with Crippen molar-refractivity contribution in [2.24, 2.45) is 5.41 Å². The number of urea groups is 1. The summed E-state index contributed by atoms with van der Waals surface area (Å²) in [6, 6.07) is -0.982. The summed E-state index contributed by atoms with van der Waals surface area (Å²) in [6.45, 7) is 5.63. The van der Waals surface area contributed by atoms with Gasteiger partial charge in [0.15, 0.2) is 0 Å². The van der Waals surface area contributed by atoms with E-state index in [1.54, 1.807) is 0 Å². The SMILES string of the molecule is CC(C)(C)C(CC(=O)O)NC(=O)N1CC(O)C(O)C1. The second kappa shape index (κ2) is 5.75. The Kier molecular flexibility index (Phi) is 4.75. The van der Waals surface area contributed by atoms with Crippen LogP contribution in [0.1, 0.15) is 27.2 Å². The van der Waals surface area contributed by atoms with Crippen LogP contribution >= 0.6 is 0 Å². The van der Waals surface area contributed by atoms with Crippen LogP contribution in [0.4, 0.5) is 4.79 Å². The second-order valence-electron chi connectivity index (χ2n) is 6.01. The van der Waals surface area contributed by atoms with Gasteiger partial charge in [-0.1, -0.05) is 20.8 Å². The van der Waals surface area contributed by atoms with E-state index in [1.165, 1.54) is 4.90 Å². The first kappa shape index (κ1) is 15.7. The Bertz CT molecular complexity index is 343. The number of rotatable bonds is 3. The van der Waals surface area contributed by atoms with Gasteiger partial charge < -0.3 is 25.5 Å². The van der Waals surface area contributed by atoms with Crippen LogP contribution in [0.5, 0.6) is 0 Å². The number of aliphatic hydroxyl groups is 2. The number of carboxylic acids is 1. The van der Waals surface area contributed by atoms with Crippen LogP contribution in [-0.4, -0.2) is 63.6 Å². The molecule has 7 nitrogen and oxygen atoms in total. The normalized spacial score (nSPS) is 25.2. The molecule has 3 unspecified atom stereocenters. The minimum Gasteiger partial charge on any atom is -0.481 e. The fraction of sp³-hybridized carbons (Fsp3) is 0.833. The fourth-order valence-corrected chi connectivity index (χ4v) is 1.92. The average Bonchev–Trinajstić information content (AvgIpc) is 2.56. The van der Waals surface area contributed by atoms with Crippen molar-refractivity contribution < 1.29 is 24.9 Å². The number of likely N-dealkylation sites (tertiary alicyclic amines) is 1. The maximum atomic E-state index is 12.0. The molecule has 0 radical (unpaired) electrons. The zero-order valence-electron chi connectivity index (χ0n) is 11.5. The maximum absolute atomic E-state index is 12.0. The number of carboxylic acid groups (broad SMARTS) is 1. The zero-order chi connectivity index (χ0) is 14.8. The molecule has 1 aliphatic rings. The van der Waals surface area contributed by atoms with Crippen LogP contribution in [0.2, 0.25) is 0 Å². The van der Waals surface area contributed by atoms with E-state index >= 15 is 0 Å². The molecule has 3 atom stereocenters. The molecular formula is C12H22N2O5. The number of β-amino-alcohol motifs (C(OH)–C–C–N with tert-alkyl or cyclic N) is 2. The molecule has 110 valence electrons. The lowest BCUT2D eigenvalue weighted by atomic mass is 9.85. The second-order valence-corrected chi connectivity index (χ2v) is 6.01. The molecule has 7 heteroatoms. The maximum Gasteiger partial charge on any atom is 0.317 e. The van der Waals surface area contributed by atoms with Crippen molar-refractivity contribution in [1.29, 1.82) is 0 Å². The van der Waals surface area contributed by atoms with E-state index in [-0.39, 0.29) is 19.5 Å². The molecule has 19 heavy (non-hydrogen) atoms. The molecule has 1 rings (SSSR count). The molecule has 1 fully saturated rings. The number of carbonyl (C=O) groups is 2. The van der Waals surface area contributed by atoms with Crippen LogP contribution in [0.15, 0.2) is 0 Å². The Morgan fingerprint density at radius 2 is 1.74 bits per heavy atom. The molecule has 0 spiro atoms. The van der Waals surface area contributed by atoms with E-state index in [0.29, 0.717) is 0 Å². The molecule has 0 aromatic rings. The van der Waals surface area contributed by atoms with E-state index < -0.39 is 35.7 Å². The topological polar surface area (TPSA) is 110 Å². The molecule has 1 heterocycles. The van der Waals surface area contributed by atoms with Crippen molar-refractivity contribution in [3.05, 3.63) is 0 Å². The smallest absolute Gasteiger partial charge is 0.317 e. The highest BCUT2D eigenvalue weighted by molar-refractivity contribution is 5.76. The Morgan fingerprint density at radius 3 is 2.11 bits per heavy atom. The number of aliphatic carboxylic acids is 1. The standard InChI is InChI=1S/C12H22N2O5/c1-12(2,3)9(4-10(17)18)13-11(19)14-5-7(15)8(16)6-14/h7-9,15-16H,4-6H2,1-3H3,(H,13,19)(H,17,18). The predicted octanol–water partition coefficient (Wildman–Crippen LogP) is -0.377. The van der Waals surface area contributed by atoms with Crippen molar-refractivity contribution in [2.45, 2.75) is 45.4 Å². The number of nitrogens with zero attached hydrogens (tertiary/aromatic N) is 1. The summed E-state index contributed by atoms with van der Waals surface area (Å²) >= 11 is 0. The highest BCUT2D eigenvalue weighted by Gasteiger charge is 2.35. The molecule has 1 aliphatic heterocycles. The molecular weight excluding hydrogens is 252 g/mol. The van der Waals surface area contributed by atoms with Gasteiger partial charge in [0.2, 0.25) is 0 Å². The average molecular weight is 274 g/mol. The molecule has 4 N–H and O–H groups in total. The predicted molar refractivity (Wildman–Crippen MR) is 67.6 cm³/mol. The summed E-state index contributed by atoms with van der Waals surface area (Å²) in [7, 11) is 0. The van der Waals surface area contributed by atoms with Crippen LogP contribution in [0.25, 0.3) is 0 Å². The largest absolute Gasteiger partial charge is 0.481 e. The van der Waals surface area contributed by atoms with Crippen molar-refractivity contribution in [3.8, 4) is 0 Å². The van der Waals surface area contributed by atoms with Crippen molar-refractivity contribution in [2.75, 3.05) is 13.1 Å². The first-order valence-electron chi connectivity index (χ1n) is 6.24. The number of hydrogen-bond acceptors (Lipinski definition) is 4. The van der Waals surface area contributed by atoms with E-state index in [4.69, 9.17) is 5.11 Å². The van der Waals surface area contributed by atoms with Gasteiger partial charge in [-0.3, -0.25) is 4.79 Å². The quantitative estimate of drug-likeness (QED) is 0.561. The van der Waals surface area contributed by atoms with Gasteiger partial charge in [-0.05, 0) is 5.41 Å². The van der Waals surface area contributed by atoms with Gasteiger partial charge in [-0.2, -0.15) is 0 Å². The Morgan fingerprint density at radius 1 is 1.26 bits per heavy atom. The fourth-order valence-electron chi connectivity index (χ4n) is 1.92. The number of hydrogen-bond donors (Lipinski definition) is 4. The highest BCUT2D eigenvalue weighted by Crippen LogP contribution is 2.22. The Balaban J connectivity index is 2.64. The van der Waals surface area contributed by atoms with Crippen LogP contribution in [0, 0.1) is 5.41 Å². The van der Waals surface area contributed by atoms with E-state index in [9.17, 15) is 19.8 Å². The summed E-state index contributed by atoms with van der Waals surface area (Å²) in [5.74, 6) is -0.985. The molecule has 0 bridgehead atoms. The minimum atomic E-state index is -0.985. The van der Waals surface area contributed by atoms with Gasteiger partial charge in [0, 0.05) is 6.04 Å². The van der Waals surface area contributed by atoms with Gasteiger partial charge in [0.25, 0.3) is 0 Å². The van der Waals surface area contributed by atoms with Crippen molar-refractivity contribution >= 4 is 12.0 Å². The van der Waals surface area contributed by atoms with Gasteiger partial charge in [0.05, 0.1) is 31.7 Å². The zero-order valence-corrected chi connectivity index (χ0v) is 11.5. The molecule has 0 aliphatic carbocycles. The van der Waals surface area contributed by atoms with Gasteiger partial charge in [-0.15, -0.1) is 0 Å². The first-order chi connectivity index (χ1) is 8.61.